The minimum atomic E-state index is -0.671. The Labute approximate surface area is 124 Å². The maximum Gasteiger partial charge on any atom is 0.407 e. The highest BCUT2D eigenvalue weighted by molar-refractivity contribution is 5.96. The van der Waals surface area contributed by atoms with Gasteiger partial charge in [0.15, 0.2) is 0 Å². The van der Waals surface area contributed by atoms with E-state index in [0.717, 1.165) is 0 Å². The van der Waals surface area contributed by atoms with Crippen LogP contribution < -0.4 is 15.4 Å². The van der Waals surface area contributed by atoms with Crippen molar-refractivity contribution in [3.63, 3.8) is 0 Å². The molecule has 0 aliphatic rings. The first-order chi connectivity index (χ1) is 9.97. The maximum absolute atomic E-state index is 12.3. The van der Waals surface area contributed by atoms with Gasteiger partial charge in [-0.05, 0) is 25.0 Å². The molecule has 1 aromatic carbocycles. The van der Waals surface area contributed by atoms with Gasteiger partial charge < -0.3 is 20.1 Å². The van der Waals surface area contributed by atoms with Gasteiger partial charge in [-0.2, -0.15) is 0 Å². The molecule has 0 fully saturated rings. The molecule has 6 nitrogen and oxygen atoms in total. The van der Waals surface area contributed by atoms with Gasteiger partial charge in [0.2, 0.25) is 5.91 Å². The van der Waals surface area contributed by atoms with E-state index in [1.807, 2.05) is 13.8 Å². The van der Waals surface area contributed by atoms with Crippen molar-refractivity contribution in [2.75, 3.05) is 19.0 Å². The summed E-state index contributed by atoms with van der Waals surface area (Å²) in [4.78, 5) is 23.8. The summed E-state index contributed by atoms with van der Waals surface area (Å²) < 4.78 is 9.91. The molecule has 0 aliphatic carbocycles. The molecule has 0 spiro atoms. The Bertz CT molecular complexity index is 488. The Hall–Kier alpha value is -2.24. The van der Waals surface area contributed by atoms with Gasteiger partial charge in [0.05, 0.1) is 13.7 Å². The summed E-state index contributed by atoms with van der Waals surface area (Å²) >= 11 is 0. The number of carbonyl (C=O) groups is 2. The number of anilines is 1. The van der Waals surface area contributed by atoms with Gasteiger partial charge in [-0.3, -0.25) is 4.79 Å². The number of amides is 2. The normalized spacial score (nSPS) is 11.7. The van der Waals surface area contributed by atoms with Crippen LogP contribution in [-0.4, -0.2) is 31.8 Å². The van der Waals surface area contributed by atoms with Crippen LogP contribution in [0.2, 0.25) is 0 Å². The number of hydrogen-bond acceptors (Lipinski definition) is 4. The average molecular weight is 294 g/mol. The Morgan fingerprint density at radius 3 is 2.57 bits per heavy atom. The highest BCUT2D eigenvalue weighted by Gasteiger charge is 2.24. The molecule has 1 unspecified atom stereocenters. The fourth-order valence-corrected chi connectivity index (χ4v) is 1.76. The number of alkyl carbamates (subject to hydrolysis) is 1. The molecular formula is C15H22N2O4. The first-order valence-electron chi connectivity index (χ1n) is 6.86. The zero-order valence-electron chi connectivity index (χ0n) is 12.8. The van der Waals surface area contributed by atoms with Crippen LogP contribution in [0.5, 0.6) is 5.75 Å². The van der Waals surface area contributed by atoms with E-state index < -0.39 is 12.1 Å². The number of benzene rings is 1. The van der Waals surface area contributed by atoms with Crippen molar-refractivity contribution in [2.45, 2.75) is 26.8 Å². The predicted molar refractivity (Wildman–Crippen MR) is 80.4 cm³/mol. The predicted octanol–water partition coefficient (Wildman–Crippen LogP) is 2.40. The van der Waals surface area contributed by atoms with Crippen LogP contribution in [0.1, 0.15) is 20.8 Å². The lowest BCUT2D eigenvalue weighted by Gasteiger charge is -2.21. The van der Waals surface area contributed by atoms with Crippen LogP contribution in [0.4, 0.5) is 10.5 Å². The average Bonchev–Trinajstić information content (AvgIpc) is 2.44. The molecule has 0 radical (unpaired) electrons. The summed E-state index contributed by atoms with van der Waals surface area (Å²) in [6, 6.07) is 6.35. The summed E-state index contributed by atoms with van der Waals surface area (Å²) in [6.45, 7) is 5.67. The van der Waals surface area contributed by atoms with Crippen molar-refractivity contribution >= 4 is 17.7 Å². The maximum atomic E-state index is 12.3. The van der Waals surface area contributed by atoms with Crippen LogP contribution in [-0.2, 0) is 9.53 Å². The summed E-state index contributed by atoms with van der Waals surface area (Å²) in [5.41, 5.74) is 0.607. The smallest absolute Gasteiger partial charge is 0.407 e. The third kappa shape index (κ3) is 5.33. The first-order valence-corrected chi connectivity index (χ1v) is 6.86. The second-order valence-electron chi connectivity index (χ2n) is 4.81. The molecule has 2 amide bonds. The zero-order chi connectivity index (χ0) is 15.8. The topological polar surface area (TPSA) is 76.7 Å². The van der Waals surface area contributed by atoms with Crippen molar-refractivity contribution in [3.05, 3.63) is 24.3 Å². The van der Waals surface area contributed by atoms with E-state index in [1.165, 1.54) is 0 Å². The van der Waals surface area contributed by atoms with Crippen molar-refractivity contribution in [3.8, 4) is 5.75 Å². The lowest BCUT2D eigenvalue weighted by molar-refractivity contribution is -0.119. The monoisotopic (exact) mass is 294 g/mol. The van der Waals surface area contributed by atoms with Gasteiger partial charge in [0.25, 0.3) is 0 Å². The summed E-state index contributed by atoms with van der Waals surface area (Å²) in [5, 5.41) is 5.32. The lowest BCUT2D eigenvalue weighted by atomic mass is 10.0. The molecule has 1 aromatic rings. The number of ether oxygens (including phenoxy) is 2. The molecule has 1 atom stereocenters. The summed E-state index contributed by atoms with van der Waals surface area (Å²) in [5.74, 6) is 0.276. The molecule has 0 aliphatic heterocycles. The molecule has 0 aromatic heterocycles. The molecule has 0 saturated carbocycles. The Balaban J connectivity index is 2.74. The SMILES string of the molecule is CCOC(=O)NC(C(=O)Nc1cccc(OC)c1)C(C)C. The van der Waals surface area contributed by atoms with Crippen molar-refractivity contribution < 1.29 is 19.1 Å². The number of hydrogen-bond donors (Lipinski definition) is 2. The summed E-state index contributed by atoms with van der Waals surface area (Å²) in [7, 11) is 1.56. The zero-order valence-corrected chi connectivity index (χ0v) is 12.8. The number of methoxy groups -OCH3 is 1. The van der Waals surface area contributed by atoms with Crippen molar-refractivity contribution in [2.24, 2.45) is 5.92 Å². The van der Waals surface area contributed by atoms with E-state index in [0.29, 0.717) is 11.4 Å². The molecule has 1 rings (SSSR count). The lowest BCUT2D eigenvalue weighted by Crippen LogP contribution is -2.47. The van der Waals surface area contributed by atoms with Crippen molar-refractivity contribution in [1.29, 1.82) is 0 Å². The van der Waals surface area contributed by atoms with Crippen molar-refractivity contribution in [1.82, 2.24) is 5.32 Å². The molecule has 0 saturated heterocycles. The standard InChI is InChI=1S/C15H22N2O4/c1-5-21-15(19)17-13(10(2)3)14(18)16-11-7-6-8-12(9-11)20-4/h6-10,13H,5H2,1-4H3,(H,16,18)(H,17,19). The van der Waals surface area contributed by atoms with Gasteiger partial charge in [-0.25, -0.2) is 4.79 Å². The highest BCUT2D eigenvalue weighted by Crippen LogP contribution is 2.17. The Morgan fingerprint density at radius 2 is 2.00 bits per heavy atom. The first kappa shape index (κ1) is 16.8. The van der Waals surface area contributed by atoms with E-state index >= 15 is 0 Å². The quantitative estimate of drug-likeness (QED) is 0.844. The molecular weight excluding hydrogens is 272 g/mol. The second kappa shape index (κ2) is 8.14. The molecule has 2 N–H and O–H groups in total. The highest BCUT2D eigenvalue weighted by atomic mass is 16.5. The molecule has 6 heteroatoms. The van der Waals surface area contributed by atoms with E-state index in [9.17, 15) is 9.59 Å². The van der Waals surface area contributed by atoms with Gasteiger partial charge in [0, 0.05) is 11.8 Å². The van der Waals surface area contributed by atoms with Gasteiger partial charge in [-0.15, -0.1) is 0 Å². The number of nitrogens with one attached hydrogen (secondary N) is 2. The van der Waals surface area contributed by atoms with Crippen LogP contribution in [0.3, 0.4) is 0 Å². The molecule has 21 heavy (non-hydrogen) atoms. The largest absolute Gasteiger partial charge is 0.497 e. The Kier molecular flexibility index (Phi) is 6.52. The fourth-order valence-electron chi connectivity index (χ4n) is 1.76. The molecule has 0 bridgehead atoms. The summed E-state index contributed by atoms with van der Waals surface area (Å²) in [6.07, 6.45) is -0.600. The van der Waals surface area contributed by atoms with Crippen LogP contribution in [0, 0.1) is 5.92 Å². The minimum absolute atomic E-state index is 0.0694. The molecule has 116 valence electrons. The minimum Gasteiger partial charge on any atom is -0.497 e. The Morgan fingerprint density at radius 1 is 1.29 bits per heavy atom. The third-order valence-corrected chi connectivity index (χ3v) is 2.84. The second-order valence-corrected chi connectivity index (χ2v) is 4.81. The fraction of sp³-hybridized carbons (Fsp3) is 0.467. The van der Waals surface area contributed by atoms with E-state index in [-0.39, 0.29) is 18.4 Å². The van der Waals surface area contributed by atoms with Crippen LogP contribution in [0.15, 0.2) is 24.3 Å². The van der Waals surface area contributed by atoms with Gasteiger partial charge in [-0.1, -0.05) is 19.9 Å². The van der Waals surface area contributed by atoms with Gasteiger partial charge >= 0.3 is 6.09 Å². The van der Waals surface area contributed by atoms with Gasteiger partial charge in [0.1, 0.15) is 11.8 Å². The number of carbonyl (C=O) groups excluding carboxylic acids is 2. The third-order valence-electron chi connectivity index (χ3n) is 2.84. The van der Waals surface area contributed by atoms with Crippen LogP contribution >= 0.6 is 0 Å². The van der Waals surface area contributed by atoms with E-state index in [4.69, 9.17) is 9.47 Å². The molecule has 0 heterocycles. The van der Waals surface area contributed by atoms with Crippen LogP contribution in [0.25, 0.3) is 0 Å². The number of rotatable bonds is 6. The van der Waals surface area contributed by atoms with E-state index in [2.05, 4.69) is 10.6 Å². The van der Waals surface area contributed by atoms with E-state index in [1.54, 1.807) is 38.3 Å².